The van der Waals surface area contributed by atoms with Crippen LogP contribution in [0.4, 0.5) is 0 Å². The van der Waals surface area contributed by atoms with Crippen LogP contribution in [0.15, 0.2) is 0 Å². The first-order valence-electron chi connectivity index (χ1n) is 12.1. The summed E-state index contributed by atoms with van der Waals surface area (Å²) < 4.78 is 19.4. The molecular formula is C18H57N7Si6. The summed E-state index contributed by atoms with van der Waals surface area (Å²) in [5.41, 5.74) is 0. The Kier molecular flexibility index (Phi) is 13.6. The fraction of sp³-hybridized carbons (Fsp3) is 1.00. The lowest BCUT2D eigenvalue weighted by molar-refractivity contribution is 0.329. The molecule has 0 radical (unpaired) electrons. The third kappa shape index (κ3) is 5.82. The first kappa shape index (κ1) is 32.0. The third-order valence-electron chi connectivity index (χ3n) is 7.13. The zero-order valence-electron chi connectivity index (χ0n) is 23.9. The average molecular weight is 540 g/mol. The SMILES string of the molecule is CN(C)[Si](CC[SiH3])(N(C)C)N([Si](CC[SiH3])(N(C)C)N(C)C)[Si](CC[SiH3])(N(C)C)N(C)C. The first-order chi connectivity index (χ1) is 14.2. The molecule has 0 unspecified atom stereocenters. The Labute approximate surface area is 208 Å². The zero-order chi connectivity index (χ0) is 24.8. The van der Waals surface area contributed by atoms with Gasteiger partial charge in [-0.15, -0.1) is 0 Å². The molecule has 0 saturated carbocycles. The minimum atomic E-state index is -2.15. The number of hydrogen-bond donors (Lipinski definition) is 0. The average Bonchev–Trinajstić information content (AvgIpc) is 2.63. The molecule has 0 atom stereocenters. The van der Waals surface area contributed by atoms with Gasteiger partial charge < -0.3 is 27.4 Å². The van der Waals surface area contributed by atoms with Crippen molar-refractivity contribution >= 4 is 56.4 Å². The number of rotatable bonds is 15. The Bertz CT molecular complexity index is 424. The van der Waals surface area contributed by atoms with Crippen molar-refractivity contribution in [3.63, 3.8) is 0 Å². The Morgan fingerprint density at radius 1 is 0.387 bits per heavy atom. The molecule has 13 heteroatoms. The summed E-state index contributed by atoms with van der Waals surface area (Å²) in [5.74, 6) is 0. The molecule has 0 aromatic carbocycles. The predicted octanol–water partition coefficient (Wildman–Crippen LogP) is -2.17. The summed E-state index contributed by atoms with van der Waals surface area (Å²) in [7, 11) is 25.9. The van der Waals surface area contributed by atoms with Gasteiger partial charge in [0.05, 0.1) is 0 Å². The van der Waals surface area contributed by atoms with Crippen LogP contribution in [0.1, 0.15) is 0 Å². The van der Waals surface area contributed by atoms with E-state index in [-0.39, 0.29) is 0 Å². The Balaban J connectivity index is 7.87. The van der Waals surface area contributed by atoms with E-state index in [2.05, 4.69) is 116 Å². The highest BCUT2D eigenvalue weighted by Gasteiger charge is 2.67. The van der Waals surface area contributed by atoms with Crippen molar-refractivity contribution in [2.75, 3.05) is 84.6 Å². The molecule has 0 saturated heterocycles. The predicted molar refractivity (Wildman–Crippen MR) is 160 cm³/mol. The van der Waals surface area contributed by atoms with Crippen molar-refractivity contribution in [2.24, 2.45) is 0 Å². The Morgan fingerprint density at radius 2 is 0.548 bits per heavy atom. The van der Waals surface area contributed by atoms with Gasteiger partial charge in [0.15, 0.2) is 0 Å². The van der Waals surface area contributed by atoms with Crippen LogP contribution in [-0.4, -0.2) is 172 Å². The lowest BCUT2D eigenvalue weighted by atomic mass is 10.9. The summed E-state index contributed by atoms with van der Waals surface area (Å²) >= 11 is 0. The molecule has 0 bridgehead atoms. The van der Waals surface area contributed by atoms with E-state index in [4.69, 9.17) is 0 Å². The van der Waals surface area contributed by atoms with Crippen LogP contribution in [0.3, 0.4) is 0 Å². The maximum absolute atomic E-state index is 3.31. The molecule has 0 heterocycles. The molecule has 31 heavy (non-hydrogen) atoms. The molecule has 0 aromatic rings. The van der Waals surface area contributed by atoms with Gasteiger partial charge in [-0.2, -0.15) is 0 Å². The van der Waals surface area contributed by atoms with Gasteiger partial charge >= 0.3 is 0 Å². The van der Waals surface area contributed by atoms with Crippen LogP contribution in [0.25, 0.3) is 0 Å². The van der Waals surface area contributed by atoms with Gasteiger partial charge in [0.25, 0.3) is 25.7 Å². The number of hydrogen-bond acceptors (Lipinski definition) is 7. The zero-order valence-corrected chi connectivity index (χ0v) is 32.9. The van der Waals surface area contributed by atoms with Gasteiger partial charge in [0, 0.05) is 30.7 Å². The smallest absolute Gasteiger partial charge is 0.278 e. The summed E-state index contributed by atoms with van der Waals surface area (Å²) in [4.78, 5) is 0. The van der Waals surface area contributed by atoms with Crippen molar-refractivity contribution < 1.29 is 0 Å². The molecule has 0 spiro atoms. The van der Waals surface area contributed by atoms with Crippen LogP contribution in [0.2, 0.25) is 36.3 Å². The van der Waals surface area contributed by atoms with E-state index in [0.717, 1.165) is 0 Å². The van der Waals surface area contributed by atoms with Crippen LogP contribution < -0.4 is 0 Å². The van der Waals surface area contributed by atoms with E-state index in [9.17, 15) is 0 Å². The van der Waals surface area contributed by atoms with E-state index in [1.807, 2.05) is 0 Å². The van der Waals surface area contributed by atoms with Crippen LogP contribution in [0.5, 0.6) is 0 Å². The van der Waals surface area contributed by atoms with Crippen molar-refractivity contribution in [3.05, 3.63) is 0 Å². The summed E-state index contributed by atoms with van der Waals surface area (Å²) in [6, 6.07) is 8.06. The molecular weight excluding hydrogens is 483 g/mol. The quantitative estimate of drug-likeness (QED) is 0.218. The maximum atomic E-state index is 3.31. The van der Waals surface area contributed by atoms with Gasteiger partial charge in [0.1, 0.15) is 0 Å². The summed E-state index contributed by atoms with van der Waals surface area (Å²) in [6.07, 6.45) is 0. The minimum Gasteiger partial charge on any atom is -0.306 e. The molecule has 0 N–H and O–H groups in total. The Hall–Kier alpha value is 1.02. The molecule has 0 amide bonds. The second-order valence-electron chi connectivity index (χ2n) is 10.3. The van der Waals surface area contributed by atoms with E-state index < -0.39 is 25.7 Å². The molecule has 0 fully saturated rings. The normalized spacial score (nSPS) is 14.8. The van der Waals surface area contributed by atoms with Crippen LogP contribution in [0, 0.1) is 0 Å². The fourth-order valence-corrected chi connectivity index (χ4v) is 38.2. The van der Waals surface area contributed by atoms with Crippen LogP contribution in [-0.2, 0) is 0 Å². The van der Waals surface area contributed by atoms with Crippen molar-refractivity contribution in [1.29, 1.82) is 0 Å². The van der Waals surface area contributed by atoms with Gasteiger partial charge in [-0.05, 0) is 103 Å². The van der Waals surface area contributed by atoms with Crippen molar-refractivity contribution in [2.45, 2.75) is 36.3 Å². The highest BCUT2D eigenvalue weighted by molar-refractivity contribution is 7.02. The standard InChI is InChI=1S/C18H57N7Si6/c1-19(2)29(16-13-26,20(3)4)25(30(17-14-27,21(5)6)22(7)8)31(18-15-28,23(9)10)24(11)12/h13-18H2,1-12,26-28H3. The molecule has 0 aromatic heterocycles. The van der Waals surface area contributed by atoms with Gasteiger partial charge in [-0.3, -0.25) is 3.90 Å². The van der Waals surface area contributed by atoms with E-state index in [0.29, 0.717) is 0 Å². The van der Waals surface area contributed by atoms with E-state index in [1.165, 1.54) is 67.0 Å². The highest BCUT2D eigenvalue weighted by Crippen LogP contribution is 2.40. The second-order valence-corrected chi connectivity index (χ2v) is 27.5. The monoisotopic (exact) mass is 539 g/mol. The molecule has 0 aliphatic carbocycles. The molecule has 0 aliphatic heterocycles. The maximum Gasteiger partial charge on any atom is 0.278 e. The van der Waals surface area contributed by atoms with Gasteiger partial charge in [-0.1, -0.05) is 18.1 Å². The lowest BCUT2D eigenvalue weighted by Gasteiger charge is -2.67. The third-order valence-corrected chi connectivity index (χ3v) is 32.3. The second kappa shape index (κ2) is 13.2. The molecule has 188 valence electrons. The largest absolute Gasteiger partial charge is 0.306 e. The summed E-state index contributed by atoms with van der Waals surface area (Å²) in [5, 5.41) is 0. The number of nitrogens with zero attached hydrogens (tertiary/aromatic N) is 7. The van der Waals surface area contributed by atoms with Gasteiger partial charge in [-0.25, -0.2) is 0 Å². The van der Waals surface area contributed by atoms with E-state index >= 15 is 0 Å². The topological polar surface area (TPSA) is 22.7 Å². The molecule has 7 nitrogen and oxygen atoms in total. The molecule has 0 rings (SSSR count). The van der Waals surface area contributed by atoms with Crippen molar-refractivity contribution in [1.82, 2.24) is 31.3 Å². The minimum absolute atomic E-state index is 1.27. The van der Waals surface area contributed by atoms with E-state index in [1.54, 1.807) is 0 Å². The first-order valence-corrected chi connectivity index (χ1v) is 22.4. The summed E-state index contributed by atoms with van der Waals surface area (Å²) in [6.45, 7) is 0. The molecule has 0 aliphatic rings. The lowest BCUT2D eigenvalue weighted by Crippen LogP contribution is -2.94. The Morgan fingerprint density at radius 3 is 0.645 bits per heavy atom. The fourth-order valence-electron chi connectivity index (χ4n) is 5.94. The van der Waals surface area contributed by atoms with Gasteiger partial charge in [0.2, 0.25) is 0 Å². The highest BCUT2D eigenvalue weighted by atomic mass is 28.5. The van der Waals surface area contributed by atoms with Crippen molar-refractivity contribution in [3.8, 4) is 0 Å². The van der Waals surface area contributed by atoms with Crippen LogP contribution >= 0.6 is 0 Å².